The first-order valence-corrected chi connectivity index (χ1v) is 7.30. The number of likely N-dealkylation sites (N-methyl/N-ethyl adjacent to an activating group) is 1. The van der Waals surface area contributed by atoms with Crippen molar-refractivity contribution in [2.45, 2.75) is 19.4 Å². The standard InChI is InChI=1S/C18H21NO2/c1-12-8-14-10-16(11-19-2)21-18(14)17(9-12)13-4-6-15(20-3)7-5-13/h4-9,16,19H,10-11H2,1-3H3. The number of nitrogens with one attached hydrogen (secondary N) is 1. The summed E-state index contributed by atoms with van der Waals surface area (Å²) in [6.45, 7) is 3.01. The molecule has 3 heteroatoms. The Morgan fingerprint density at radius 1 is 1.24 bits per heavy atom. The average molecular weight is 283 g/mol. The molecule has 0 radical (unpaired) electrons. The van der Waals surface area contributed by atoms with E-state index in [-0.39, 0.29) is 6.10 Å². The van der Waals surface area contributed by atoms with Crippen LogP contribution in [0.2, 0.25) is 0 Å². The van der Waals surface area contributed by atoms with Crippen molar-refractivity contribution in [1.82, 2.24) is 5.32 Å². The van der Waals surface area contributed by atoms with Crippen LogP contribution in [0.5, 0.6) is 11.5 Å². The number of fused-ring (bicyclic) bond motifs is 1. The van der Waals surface area contributed by atoms with Crippen molar-refractivity contribution >= 4 is 0 Å². The molecule has 3 nitrogen and oxygen atoms in total. The monoisotopic (exact) mass is 283 g/mol. The van der Waals surface area contributed by atoms with E-state index in [9.17, 15) is 0 Å². The molecule has 21 heavy (non-hydrogen) atoms. The zero-order valence-corrected chi connectivity index (χ0v) is 12.8. The molecule has 3 rings (SSSR count). The lowest BCUT2D eigenvalue weighted by Crippen LogP contribution is -2.27. The van der Waals surface area contributed by atoms with E-state index >= 15 is 0 Å². The highest BCUT2D eigenvalue weighted by molar-refractivity contribution is 5.74. The first-order valence-electron chi connectivity index (χ1n) is 7.30. The Labute approximate surface area is 125 Å². The van der Waals surface area contributed by atoms with E-state index in [1.165, 1.54) is 22.3 Å². The predicted octanol–water partition coefficient (Wildman–Crippen LogP) is 3.19. The maximum Gasteiger partial charge on any atom is 0.130 e. The van der Waals surface area contributed by atoms with Crippen LogP contribution in [0.1, 0.15) is 11.1 Å². The zero-order chi connectivity index (χ0) is 14.8. The van der Waals surface area contributed by atoms with Crippen LogP contribution in [0, 0.1) is 6.92 Å². The van der Waals surface area contributed by atoms with Gasteiger partial charge in [0.1, 0.15) is 17.6 Å². The fraction of sp³-hybridized carbons (Fsp3) is 0.333. The lowest BCUT2D eigenvalue weighted by molar-refractivity contribution is 0.232. The van der Waals surface area contributed by atoms with E-state index in [1.54, 1.807) is 7.11 Å². The van der Waals surface area contributed by atoms with Crippen molar-refractivity contribution in [3.8, 4) is 22.6 Å². The lowest BCUT2D eigenvalue weighted by atomic mass is 9.98. The molecular weight excluding hydrogens is 262 g/mol. The molecule has 2 aromatic rings. The SMILES string of the molecule is CNCC1Cc2cc(C)cc(-c3ccc(OC)cc3)c2O1. The lowest BCUT2D eigenvalue weighted by Gasteiger charge is -2.13. The van der Waals surface area contributed by atoms with E-state index in [1.807, 2.05) is 19.2 Å². The van der Waals surface area contributed by atoms with Crippen LogP contribution in [-0.4, -0.2) is 26.8 Å². The summed E-state index contributed by atoms with van der Waals surface area (Å²) in [6, 6.07) is 12.6. The summed E-state index contributed by atoms with van der Waals surface area (Å²) >= 11 is 0. The Morgan fingerprint density at radius 2 is 2.00 bits per heavy atom. The molecule has 0 spiro atoms. The van der Waals surface area contributed by atoms with Crippen LogP contribution in [0.3, 0.4) is 0 Å². The Balaban J connectivity index is 1.99. The van der Waals surface area contributed by atoms with Crippen molar-refractivity contribution in [2.75, 3.05) is 20.7 Å². The van der Waals surface area contributed by atoms with Gasteiger partial charge in [0.2, 0.25) is 0 Å². The fourth-order valence-corrected chi connectivity index (χ4v) is 2.92. The molecule has 1 N–H and O–H groups in total. The van der Waals surface area contributed by atoms with Crippen LogP contribution in [-0.2, 0) is 6.42 Å². The minimum absolute atomic E-state index is 0.226. The minimum Gasteiger partial charge on any atom is -0.497 e. The second-order valence-corrected chi connectivity index (χ2v) is 5.53. The summed E-state index contributed by atoms with van der Waals surface area (Å²) in [4.78, 5) is 0. The van der Waals surface area contributed by atoms with Crippen LogP contribution in [0.25, 0.3) is 11.1 Å². The summed E-state index contributed by atoms with van der Waals surface area (Å²) in [7, 11) is 3.65. The summed E-state index contributed by atoms with van der Waals surface area (Å²) in [5.74, 6) is 1.91. The highest BCUT2D eigenvalue weighted by Crippen LogP contribution is 2.40. The van der Waals surface area contributed by atoms with E-state index in [0.717, 1.165) is 24.5 Å². The summed E-state index contributed by atoms with van der Waals surface area (Å²) in [6.07, 6.45) is 1.20. The number of methoxy groups -OCH3 is 1. The molecular formula is C18H21NO2. The molecule has 1 aliphatic rings. The Morgan fingerprint density at radius 3 is 2.67 bits per heavy atom. The highest BCUT2D eigenvalue weighted by Gasteiger charge is 2.25. The van der Waals surface area contributed by atoms with E-state index < -0.39 is 0 Å². The van der Waals surface area contributed by atoms with E-state index in [2.05, 4.69) is 36.5 Å². The second-order valence-electron chi connectivity index (χ2n) is 5.53. The molecule has 0 fully saturated rings. The van der Waals surface area contributed by atoms with Crippen LogP contribution >= 0.6 is 0 Å². The number of benzene rings is 2. The summed E-state index contributed by atoms with van der Waals surface area (Å²) in [5.41, 5.74) is 4.92. The van der Waals surface area contributed by atoms with Gasteiger partial charge in [-0.25, -0.2) is 0 Å². The molecule has 1 heterocycles. The minimum atomic E-state index is 0.226. The van der Waals surface area contributed by atoms with Gasteiger partial charge in [-0.05, 0) is 48.9 Å². The molecule has 0 aromatic heterocycles. The third kappa shape index (κ3) is 2.74. The molecule has 0 amide bonds. The first-order chi connectivity index (χ1) is 10.2. The smallest absolute Gasteiger partial charge is 0.130 e. The van der Waals surface area contributed by atoms with Gasteiger partial charge in [-0.15, -0.1) is 0 Å². The number of hydrogen-bond donors (Lipinski definition) is 1. The number of ether oxygens (including phenoxy) is 2. The molecule has 2 aromatic carbocycles. The zero-order valence-electron chi connectivity index (χ0n) is 12.8. The quantitative estimate of drug-likeness (QED) is 0.934. The summed E-state index contributed by atoms with van der Waals surface area (Å²) in [5, 5.41) is 3.19. The van der Waals surface area contributed by atoms with Gasteiger partial charge in [-0.1, -0.05) is 18.2 Å². The fourth-order valence-electron chi connectivity index (χ4n) is 2.92. The van der Waals surface area contributed by atoms with Crippen molar-refractivity contribution in [1.29, 1.82) is 0 Å². The third-order valence-electron chi connectivity index (χ3n) is 3.88. The predicted molar refractivity (Wildman–Crippen MR) is 85.2 cm³/mol. The molecule has 1 atom stereocenters. The second kappa shape index (κ2) is 5.78. The normalized spacial score (nSPS) is 16.4. The highest BCUT2D eigenvalue weighted by atomic mass is 16.5. The molecule has 110 valence electrons. The molecule has 0 saturated carbocycles. The van der Waals surface area contributed by atoms with E-state index in [4.69, 9.17) is 9.47 Å². The van der Waals surface area contributed by atoms with Crippen LogP contribution in [0.15, 0.2) is 36.4 Å². The molecule has 1 aliphatic heterocycles. The Kier molecular flexibility index (Phi) is 3.84. The van der Waals surface area contributed by atoms with Gasteiger partial charge in [-0.2, -0.15) is 0 Å². The maximum atomic E-state index is 6.15. The average Bonchev–Trinajstić information content (AvgIpc) is 2.89. The number of aryl methyl sites for hydroxylation is 1. The van der Waals surface area contributed by atoms with Gasteiger partial charge in [0.05, 0.1) is 7.11 Å². The molecule has 1 unspecified atom stereocenters. The largest absolute Gasteiger partial charge is 0.497 e. The van der Waals surface area contributed by atoms with Crippen LogP contribution < -0.4 is 14.8 Å². The first kappa shape index (κ1) is 14.0. The summed E-state index contributed by atoms with van der Waals surface area (Å²) < 4.78 is 11.4. The van der Waals surface area contributed by atoms with Crippen molar-refractivity contribution in [2.24, 2.45) is 0 Å². The molecule has 0 saturated heterocycles. The van der Waals surface area contributed by atoms with Gasteiger partial charge < -0.3 is 14.8 Å². The van der Waals surface area contributed by atoms with Crippen molar-refractivity contribution in [3.05, 3.63) is 47.5 Å². The van der Waals surface area contributed by atoms with Crippen molar-refractivity contribution in [3.63, 3.8) is 0 Å². The third-order valence-corrected chi connectivity index (χ3v) is 3.88. The van der Waals surface area contributed by atoms with Crippen LogP contribution in [0.4, 0.5) is 0 Å². The topological polar surface area (TPSA) is 30.5 Å². The van der Waals surface area contributed by atoms with Gasteiger partial charge in [-0.3, -0.25) is 0 Å². The number of hydrogen-bond acceptors (Lipinski definition) is 3. The van der Waals surface area contributed by atoms with Gasteiger partial charge in [0.25, 0.3) is 0 Å². The van der Waals surface area contributed by atoms with Gasteiger partial charge in [0.15, 0.2) is 0 Å². The van der Waals surface area contributed by atoms with Gasteiger partial charge >= 0.3 is 0 Å². The van der Waals surface area contributed by atoms with Crippen molar-refractivity contribution < 1.29 is 9.47 Å². The molecule has 0 aliphatic carbocycles. The van der Waals surface area contributed by atoms with Gasteiger partial charge in [0, 0.05) is 18.5 Å². The van der Waals surface area contributed by atoms with E-state index in [0.29, 0.717) is 0 Å². The molecule has 0 bridgehead atoms. The number of rotatable bonds is 4. The Bertz CT molecular complexity index is 634. The maximum absolute atomic E-state index is 6.15. The Hall–Kier alpha value is -2.00.